The molecule has 2 atom stereocenters. The van der Waals surface area contributed by atoms with Gasteiger partial charge >= 0.3 is 0 Å². The van der Waals surface area contributed by atoms with E-state index in [0.29, 0.717) is 0 Å². The Balaban J connectivity index is 3.62. The van der Waals surface area contributed by atoms with Crippen molar-refractivity contribution in [1.29, 1.82) is 0 Å². The zero-order valence-electron chi connectivity index (χ0n) is 13.6. The second-order valence-electron chi connectivity index (χ2n) is 6.13. The smallest absolute Gasteiger partial charge is 0.0414 e. The fraction of sp³-hybridized carbons (Fsp3) is 1.00. The van der Waals surface area contributed by atoms with Gasteiger partial charge in [-0.3, -0.25) is 0 Å². The maximum absolute atomic E-state index is 2.39. The van der Waals surface area contributed by atoms with E-state index in [-0.39, 0.29) is 0 Å². The summed E-state index contributed by atoms with van der Waals surface area (Å²) in [5, 5.41) is 0. The Labute approximate surface area is 117 Å². The van der Waals surface area contributed by atoms with Gasteiger partial charge in [0.15, 0.2) is 0 Å². The van der Waals surface area contributed by atoms with Gasteiger partial charge < -0.3 is 0 Å². The van der Waals surface area contributed by atoms with Crippen LogP contribution in [0.15, 0.2) is 0 Å². The Kier molecular flexibility index (Phi) is 13.4. The van der Waals surface area contributed by atoms with Gasteiger partial charge in [0.05, 0.1) is 0 Å². The van der Waals surface area contributed by atoms with Crippen molar-refractivity contribution in [2.45, 2.75) is 105 Å². The summed E-state index contributed by atoms with van der Waals surface area (Å²) < 4.78 is 0. The fourth-order valence-electron chi connectivity index (χ4n) is 3.07. The first-order valence-electron chi connectivity index (χ1n) is 8.78. The van der Waals surface area contributed by atoms with Gasteiger partial charge in [0.1, 0.15) is 0 Å². The largest absolute Gasteiger partial charge is 0.0654 e. The van der Waals surface area contributed by atoms with Crippen LogP contribution in [0.1, 0.15) is 105 Å². The molecule has 110 valence electrons. The average Bonchev–Trinajstić information content (AvgIpc) is 2.40. The molecule has 0 aliphatic carbocycles. The lowest BCUT2D eigenvalue weighted by atomic mass is 9.85. The van der Waals surface area contributed by atoms with Crippen molar-refractivity contribution in [2.24, 2.45) is 11.8 Å². The molecule has 18 heavy (non-hydrogen) atoms. The summed E-state index contributed by atoms with van der Waals surface area (Å²) in [6, 6.07) is 0. The van der Waals surface area contributed by atoms with Crippen LogP contribution in [0, 0.1) is 11.8 Å². The third-order valence-corrected chi connectivity index (χ3v) is 4.48. The third-order valence-electron chi connectivity index (χ3n) is 4.48. The molecule has 0 saturated carbocycles. The molecule has 0 rings (SSSR count). The maximum Gasteiger partial charge on any atom is -0.0414 e. The van der Waals surface area contributed by atoms with Crippen molar-refractivity contribution in [3.05, 3.63) is 0 Å². The van der Waals surface area contributed by atoms with Crippen LogP contribution in [0.2, 0.25) is 0 Å². The van der Waals surface area contributed by atoms with E-state index in [9.17, 15) is 0 Å². The molecule has 0 nitrogen and oxygen atoms in total. The Morgan fingerprint density at radius 3 is 1.67 bits per heavy atom. The molecule has 0 aliphatic heterocycles. The van der Waals surface area contributed by atoms with Crippen molar-refractivity contribution >= 4 is 0 Å². The molecule has 0 heteroatoms. The van der Waals surface area contributed by atoms with Crippen LogP contribution in [0.4, 0.5) is 0 Å². The summed E-state index contributed by atoms with van der Waals surface area (Å²) in [7, 11) is 0. The van der Waals surface area contributed by atoms with Crippen LogP contribution in [0.3, 0.4) is 0 Å². The Bertz CT molecular complexity index is 150. The van der Waals surface area contributed by atoms with E-state index in [1.54, 1.807) is 0 Å². The zero-order chi connectivity index (χ0) is 13.6. The van der Waals surface area contributed by atoms with Crippen molar-refractivity contribution in [1.82, 2.24) is 0 Å². The van der Waals surface area contributed by atoms with E-state index >= 15 is 0 Å². The summed E-state index contributed by atoms with van der Waals surface area (Å²) in [6.45, 7) is 9.39. The molecule has 0 N–H and O–H groups in total. The molecule has 0 spiro atoms. The lowest BCUT2D eigenvalue weighted by Crippen LogP contribution is -2.08. The second-order valence-corrected chi connectivity index (χ2v) is 6.13. The van der Waals surface area contributed by atoms with E-state index in [4.69, 9.17) is 0 Å². The molecule has 0 fully saturated rings. The van der Waals surface area contributed by atoms with E-state index in [0.717, 1.165) is 11.8 Å². The van der Waals surface area contributed by atoms with E-state index in [1.807, 2.05) is 0 Å². The first-order chi connectivity index (χ1) is 8.78. The van der Waals surface area contributed by atoms with Crippen LogP contribution in [0.25, 0.3) is 0 Å². The SMILES string of the molecule is CCCCCCCCC(CC)CC(CC)CCC. The quantitative estimate of drug-likeness (QED) is 0.311. The van der Waals surface area contributed by atoms with Gasteiger partial charge in [-0.25, -0.2) is 0 Å². The standard InChI is InChI=1S/C18H38/c1-5-9-10-11-12-13-15-18(8-4)16-17(7-3)14-6-2/h17-18H,5-16H2,1-4H3. The first-order valence-corrected chi connectivity index (χ1v) is 8.78. The summed E-state index contributed by atoms with van der Waals surface area (Å²) >= 11 is 0. The van der Waals surface area contributed by atoms with Gasteiger partial charge in [-0.05, 0) is 18.3 Å². The highest BCUT2D eigenvalue weighted by atomic mass is 14.2. The highest BCUT2D eigenvalue weighted by Gasteiger charge is 2.12. The second kappa shape index (κ2) is 13.4. The molecule has 0 aliphatic rings. The van der Waals surface area contributed by atoms with Crippen LogP contribution in [-0.2, 0) is 0 Å². The van der Waals surface area contributed by atoms with Crippen LogP contribution >= 0.6 is 0 Å². The molecular weight excluding hydrogens is 216 g/mol. The summed E-state index contributed by atoms with van der Waals surface area (Å²) in [5.41, 5.74) is 0. The van der Waals surface area contributed by atoms with Gasteiger partial charge in [0.25, 0.3) is 0 Å². The van der Waals surface area contributed by atoms with E-state index < -0.39 is 0 Å². The number of unbranched alkanes of at least 4 members (excludes halogenated alkanes) is 5. The average molecular weight is 255 g/mol. The zero-order valence-corrected chi connectivity index (χ0v) is 13.6. The predicted octanol–water partition coefficient (Wildman–Crippen LogP) is 6.98. The minimum Gasteiger partial charge on any atom is -0.0654 e. The van der Waals surface area contributed by atoms with Gasteiger partial charge in [-0.1, -0.05) is 98.3 Å². The minimum absolute atomic E-state index is 1.00. The normalized spacial score (nSPS) is 14.7. The number of hydrogen-bond donors (Lipinski definition) is 0. The molecule has 0 heterocycles. The minimum atomic E-state index is 1.00. The topological polar surface area (TPSA) is 0 Å². The molecular formula is C18H38. The molecule has 0 radical (unpaired) electrons. The van der Waals surface area contributed by atoms with Crippen molar-refractivity contribution < 1.29 is 0 Å². The maximum atomic E-state index is 2.39. The molecule has 0 saturated heterocycles. The van der Waals surface area contributed by atoms with Gasteiger partial charge in [-0.15, -0.1) is 0 Å². The van der Waals surface area contributed by atoms with Crippen molar-refractivity contribution in [3.8, 4) is 0 Å². The van der Waals surface area contributed by atoms with E-state index in [2.05, 4.69) is 27.7 Å². The third kappa shape index (κ3) is 9.97. The molecule has 0 bridgehead atoms. The lowest BCUT2D eigenvalue weighted by Gasteiger charge is -2.21. The van der Waals surface area contributed by atoms with Gasteiger partial charge in [-0.2, -0.15) is 0 Å². The van der Waals surface area contributed by atoms with E-state index in [1.165, 1.54) is 77.0 Å². The molecule has 0 aromatic heterocycles. The van der Waals surface area contributed by atoms with Crippen molar-refractivity contribution in [2.75, 3.05) is 0 Å². The fourth-order valence-corrected chi connectivity index (χ4v) is 3.07. The lowest BCUT2D eigenvalue weighted by molar-refractivity contribution is 0.312. The van der Waals surface area contributed by atoms with Crippen LogP contribution < -0.4 is 0 Å². The highest BCUT2D eigenvalue weighted by Crippen LogP contribution is 2.26. The number of rotatable bonds is 13. The van der Waals surface area contributed by atoms with Crippen LogP contribution in [-0.4, -0.2) is 0 Å². The monoisotopic (exact) mass is 254 g/mol. The van der Waals surface area contributed by atoms with Gasteiger partial charge in [0, 0.05) is 0 Å². The molecule has 0 aromatic rings. The Hall–Kier alpha value is 0. The van der Waals surface area contributed by atoms with Crippen molar-refractivity contribution in [3.63, 3.8) is 0 Å². The molecule has 2 unspecified atom stereocenters. The Morgan fingerprint density at radius 2 is 1.11 bits per heavy atom. The summed E-state index contributed by atoms with van der Waals surface area (Å²) in [6.07, 6.45) is 17.3. The van der Waals surface area contributed by atoms with Crippen LogP contribution in [0.5, 0.6) is 0 Å². The molecule has 0 amide bonds. The Morgan fingerprint density at radius 1 is 0.556 bits per heavy atom. The summed E-state index contributed by atoms with van der Waals surface area (Å²) in [4.78, 5) is 0. The summed E-state index contributed by atoms with van der Waals surface area (Å²) in [5.74, 6) is 2.01. The molecule has 0 aromatic carbocycles. The first kappa shape index (κ1) is 18.0. The highest BCUT2D eigenvalue weighted by molar-refractivity contribution is 4.65. The van der Waals surface area contributed by atoms with Gasteiger partial charge in [0.2, 0.25) is 0 Å². The predicted molar refractivity (Wildman–Crippen MR) is 85.1 cm³/mol. The number of hydrogen-bond acceptors (Lipinski definition) is 0.